The van der Waals surface area contributed by atoms with Crippen LogP contribution >= 0.6 is 0 Å². The molecule has 1 aromatic rings. The number of nitrogens with zero attached hydrogens (tertiary/aromatic N) is 1. The highest BCUT2D eigenvalue weighted by atomic mass is 16.5. The van der Waals surface area contributed by atoms with Crippen molar-refractivity contribution in [1.29, 1.82) is 0 Å². The normalized spacial score (nSPS) is 14.6. The van der Waals surface area contributed by atoms with Crippen LogP contribution in [0, 0.1) is 6.92 Å². The zero-order valence-electron chi connectivity index (χ0n) is 8.18. The van der Waals surface area contributed by atoms with Gasteiger partial charge in [0.25, 0.3) is 0 Å². The second-order valence-electron chi connectivity index (χ2n) is 2.87. The average molecular weight is 167 g/mol. The topological polar surface area (TPSA) is 26.0 Å². The first kappa shape index (κ1) is 9.30. The number of fused-ring (bicyclic) bond motifs is 1. The van der Waals surface area contributed by atoms with Gasteiger partial charge >= 0.3 is 0 Å². The first-order valence-electron chi connectivity index (χ1n) is 4.82. The Morgan fingerprint density at radius 2 is 1.83 bits per heavy atom. The van der Waals surface area contributed by atoms with Crippen LogP contribution in [0.4, 0.5) is 0 Å². The lowest BCUT2D eigenvalue weighted by molar-refractivity contribution is 0.390. The van der Waals surface area contributed by atoms with Gasteiger partial charge < -0.3 is 4.52 Å². The SMILES string of the molecule is CC.Cc1onc2c1CCCC2. The van der Waals surface area contributed by atoms with E-state index in [1.54, 1.807) is 0 Å². The molecule has 0 saturated carbocycles. The van der Waals surface area contributed by atoms with Gasteiger partial charge in [0.2, 0.25) is 0 Å². The van der Waals surface area contributed by atoms with Crippen LogP contribution in [0.2, 0.25) is 0 Å². The van der Waals surface area contributed by atoms with Crippen LogP contribution in [0.25, 0.3) is 0 Å². The second-order valence-corrected chi connectivity index (χ2v) is 2.87. The Morgan fingerprint density at radius 1 is 1.17 bits per heavy atom. The van der Waals surface area contributed by atoms with E-state index in [2.05, 4.69) is 5.16 Å². The molecule has 0 bridgehead atoms. The average Bonchev–Trinajstić information content (AvgIpc) is 2.53. The van der Waals surface area contributed by atoms with Crippen LogP contribution in [0.1, 0.15) is 43.7 Å². The molecule has 1 aliphatic carbocycles. The van der Waals surface area contributed by atoms with Gasteiger partial charge in [0, 0.05) is 5.56 Å². The van der Waals surface area contributed by atoms with Gasteiger partial charge in [-0.25, -0.2) is 0 Å². The van der Waals surface area contributed by atoms with Crippen molar-refractivity contribution in [3.63, 3.8) is 0 Å². The summed E-state index contributed by atoms with van der Waals surface area (Å²) in [5.41, 5.74) is 2.56. The highest BCUT2D eigenvalue weighted by Gasteiger charge is 2.15. The van der Waals surface area contributed by atoms with E-state index in [1.165, 1.54) is 30.5 Å². The molecule has 2 heteroatoms. The van der Waals surface area contributed by atoms with Crippen LogP contribution in [0.3, 0.4) is 0 Å². The molecule has 0 saturated heterocycles. The molecule has 2 rings (SSSR count). The quantitative estimate of drug-likeness (QED) is 0.593. The van der Waals surface area contributed by atoms with Crippen LogP contribution in [-0.2, 0) is 12.8 Å². The maximum Gasteiger partial charge on any atom is 0.137 e. The Labute approximate surface area is 74.0 Å². The molecule has 68 valence electrons. The van der Waals surface area contributed by atoms with Crippen molar-refractivity contribution in [2.24, 2.45) is 0 Å². The molecule has 12 heavy (non-hydrogen) atoms. The molecule has 0 atom stereocenters. The summed E-state index contributed by atoms with van der Waals surface area (Å²) in [4.78, 5) is 0. The van der Waals surface area contributed by atoms with E-state index in [0.717, 1.165) is 12.2 Å². The molecule has 2 nitrogen and oxygen atoms in total. The molecule has 0 radical (unpaired) electrons. The number of aryl methyl sites for hydroxylation is 2. The van der Waals surface area contributed by atoms with Gasteiger partial charge in [0.15, 0.2) is 0 Å². The van der Waals surface area contributed by atoms with Crippen molar-refractivity contribution >= 4 is 0 Å². The number of hydrogen-bond donors (Lipinski definition) is 0. The molecule has 1 heterocycles. The highest BCUT2D eigenvalue weighted by molar-refractivity contribution is 5.24. The van der Waals surface area contributed by atoms with Crippen molar-refractivity contribution in [1.82, 2.24) is 5.16 Å². The third kappa shape index (κ3) is 1.68. The molecule has 0 aromatic carbocycles. The smallest absolute Gasteiger partial charge is 0.137 e. The summed E-state index contributed by atoms with van der Waals surface area (Å²) in [6.07, 6.45) is 4.87. The minimum atomic E-state index is 1.02. The van der Waals surface area contributed by atoms with E-state index in [-0.39, 0.29) is 0 Å². The Kier molecular flexibility index (Phi) is 3.32. The van der Waals surface area contributed by atoms with Crippen LogP contribution < -0.4 is 0 Å². The largest absolute Gasteiger partial charge is 0.361 e. The molecular weight excluding hydrogens is 150 g/mol. The van der Waals surface area contributed by atoms with Gasteiger partial charge in [0.1, 0.15) is 5.76 Å². The van der Waals surface area contributed by atoms with E-state index >= 15 is 0 Å². The van der Waals surface area contributed by atoms with E-state index in [4.69, 9.17) is 4.52 Å². The molecule has 0 fully saturated rings. The van der Waals surface area contributed by atoms with Crippen LogP contribution in [0.5, 0.6) is 0 Å². The molecule has 0 spiro atoms. The lowest BCUT2D eigenvalue weighted by Crippen LogP contribution is -2.00. The van der Waals surface area contributed by atoms with Crippen molar-refractivity contribution in [3.05, 3.63) is 17.0 Å². The van der Waals surface area contributed by atoms with E-state index in [9.17, 15) is 0 Å². The van der Waals surface area contributed by atoms with Crippen molar-refractivity contribution in [3.8, 4) is 0 Å². The minimum absolute atomic E-state index is 1.02. The number of aromatic nitrogens is 1. The fraction of sp³-hybridized carbons (Fsp3) is 0.700. The van der Waals surface area contributed by atoms with Gasteiger partial charge in [-0.05, 0) is 32.6 Å². The van der Waals surface area contributed by atoms with E-state index in [0.29, 0.717) is 0 Å². The predicted molar refractivity (Wildman–Crippen MR) is 49.2 cm³/mol. The summed E-state index contributed by atoms with van der Waals surface area (Å²) in [6.45, 7) is 6.00. The second kappa shape index (κ2) is 4.29. The summed E-state index contributed by atoms with van der Waals surface area (Å²) in [5.74, 6) is 1.02. The molecule has 1 aromatic heterocycles. The predicted octanol–water partition coefficient (Wildman–Crippen LogP) is 2.89. The summed E-state index contributed by atoms with van der Waals surface area (Å²) >= 11 is 0. The van der Waals surface area contributed by atoms with Gasteiger partial charge in [-0.15, -0.1) is 0 Å². The van der Waals surface area contributed by atoms with Crippen molar-refractivity contribution in [2.45, 2.75) is 46.5 Å². The monoisotopic (exact) mass is 167 g/mol. The zero-order chi connectivity index (χ0) is 8.97. The van der Waals surface area contributed by atoms with Gasteiger partial charge in [0.05, 0.1) is 5.69 Å². The Balaban J connectivity index is 0.000000336. The molecule has 1 aliphatic rings. The fourth-order valence-corrected chi connectivity index (χ4v) is 1.55. The van der Waals surface area contributed by atoms with Crippen molar-refractivity contribution < 1.29 is 4.52 Å². The highest BCUT2D eigenvalue weighted by Crippen LogP contribution is 2.22. The Bertz CT molecular complexity index is 240. The first-order valence-corrected chi connectivity index (χ1v) is 4.82. The van der Waals surface area contributed by atoms with Gasteiger partial charge in [-0.1, -0.05) is 19.0 Å². The van der Waals surface area contributed by atoms with Gasteiger partial charge in [-0.2, -0.15) is 0 Å². The van der Waals surface area contributed by atoms with Crippen LogP contribution in [-0.4, -0.2) is 5.16 Å². The standard InChI is InChI=1S/C8H11NO.C2H6/c1-6-7-4-2-3-5-8(7)9-10-6;1-2/h2-5H2,1H3;1-2H3. The summed E-state index contributed by atoms with van der Waals surface area (Å²) < 4.78 is 5.07. The van der Waals surface area contributed by atoms with Crippen molar-refractivity contribution in [2.75, 3.05) is 0 Å². The fourth-order valence-electron chi connectivity index (χ4n) is 1.55. The molecule has 0 aliphatic heterocycles. The summed E-state index contributed by atoms with van der Waals surface area (Å²) in [6, 6.07) is 0. The lowest BCUT2D eigenvalue weighted by atomic mass is 9.97. The maximum absolute atomic E-state index is 5.07. The van der Waals surface area contributed by atoms with Gasteiger partial charge in [-0.3, -0.25) is 0 Å². The first-order chi connectivity index (χ1) is 5.88. The van der Waals surface area contributed by atoms with Crippen LogP contribution in [0.15, 0.2) is 4.52 Å². The Morgan fingerprint density at radius 3 is 2.50 bits per heavy atom. The maximum atomic E-state index is 5.07. The molecular formula is C10H17NO. The number of rotatable bonds is 0. The Hall–Kier alpha value is -0.790. The summed E-state index contributed by atoms with van der Waals surface area (Å²) in [5, 5.41) is 3.98. The minimum Gasteiger partial charge on any atom is -0.361 e. The van der Waals surface area contributed by atoms with E-state index in [1.807, 2.05) is 20.8 Å². The third-order valence-electron chi connectivity index (χ3n) is 2.16. The number of hydrogen-bond acceptors (Lipinski definition) is 2. The van der Waals surface area contributed by atoms with E-state index < -0.39 is 0 Å². The molecule has 0 amide bonds. The third-order valence-corrected chi connectivity index (χ3v) is 2.16. The lowest BCUT2D eigenvalue weighted by Gasteiger charge is -2.07. The molecule has 0 unspecified atom stereocenters. The molecule has 0 N–H and O–H groups in total. The zero-order valence-corrected chi connectivity index (χ0v) is 8.18. The summed E-state index contributed by atoms with van der Waals surface area (Å²) in [7, 11) is 0.